The SMILES string of the molecule is CCCCC(CC)CC(=O)C(OC)C1C=CCC=C1C. The van der Waals surface area contributed by atoms with Gasteiger partial charge >= 0.3 is 0 Å². The highest BCUT2D eigenvalue weighted by Gasteiger charge is 2.29. The van der Waals surface area contributed by atoms with E-state index in [0.717, 1.165) is 19.3 Å². The van der Waals surface area contributed by atoms with Gasteiger partial charge in [0.1, 0.15) is 6.10 Å². The molecule has 3 atom stereocenters. The molecule has 3 unspecified atom stereocenters. The highest BCUT2D eigenvalue weighted by Crippen LogP contribution is 2.27. The van der Waals surface area contributed by atoms with Crippen molar-refractivity contribution in [2.45, 2.75) is 65.4 Å². The summed E-state index contributed by atoms with van der Waals surface area (Å²) in [6, 6.07) is 0. The van der Waals surface area contributed by atoms with Crippen LogP contribution in [0.4, 0.5) is 0 Å². The monoisotopic (exact) mass is 278 g/mol. The van der Waals surface area contributed by atoms with Crippen molar-refractivity contribution in [3.05, 3.63) is 23.8 Å². The predicted octanol–water partition coefficient (Wildman–Crippen LogP) is 4.70. The second kappa shape index (κ2) is 9.12. The lowest BCUT2D eigenvalue weighted by Crippen LogP contribution is -2.33. The average Bonchev–Trinajstić information content (AvgIpc) is 2.46. The van der Waals surface area contributed by atoms with Crippen molar-refractivity contribution in [1.29, 1.82) is 0 Å². The molecule has 0 saturated carbocycles. The van der Waals surface area contributed by atoms with Crippen LogP contribution >= 0.6 is 0 Å². The van der Waals surface area contributed by atoms with Crippen molar-refractivity contribution >= 4 is 5.78 Å². The Kier molecular flexibility index (Phi) is 7.83. The van der Waals surface area contributed by atoms with Gasteiger partial charge in [0, 0.05) is 19.4 Å². The minimum Gasteiger partial charge on any atom is -0.373 e. The maximum Gasteiger partial charge on any atom is 0.162 e. The summed E-state index contributed by atoms with van der Waals surface area (Å²) in [5.41, 5.74) is 1.26. The molecule has 0 bridgehead atoms. The van der Waals surface area contributed by atoms with Gasteiger partial charge in [-0.2, -0.15) is 0 Å². The van der Waals surface area contributed by atoms with Gasteiger partial charge in [-0.15, -0.1) is 0 Å². The minimum absolute atomic E-state index is 0.130. The second-order valence-corrected chi connectivity index (χ2v) is 5.88. The zero-order valence-electron chi connectivity index (χ0n) is 13.5. The number of methoxy groups -OCH3 is 1. The quantitative estimate of drug-likeness (QED) is 0.571. The zero-order chi connectivity index (χ0) is 15.0. The largest absolute Gasteiger partial charge is 0.373 e. The van der Waals surface area contributed by atoms with Gasteiger partial charge < -0.3 is 4.74 Å². The molecule has 20 heavy (non-hydrogen) atoms. The van der Waals surface area contributed by atoms with Crippen LogP contribution in [0.5, 0.6) is 0 Å². The summed E-state index contributed by atoms with van der Waals surface area (Å²) in [6.07, 6.45) is 12.4. The van der Waals surface area contributed by atoms with Gasteiger partial charge in [-0.25, -0.2) is 0 Å². The van der Waals surface area contributed by atoms with E-state index in [1.54, 1.807) is 7.11 Å². The number of ether oxygens (including phenoxy) is 1. The van der Waals surface area contributed by atoms with Crippen LogP contribution in [0.1, 0.15) is 59.3 Å². The summed E-state index contributed by atoms with van der Waals surface area (Å²) in [5.74, 6) is 0.904. The molecule has 0 aromatic rings. The fourth-order valence-electron chi connectivity index (χ4n) is 2.93. The Bertz CT molecular complexity index is 354. The van der Waals surface area contributed by atoms with Crippen LogP contribution in [0.15, 0.2) is 23.8 Å². The van der Waals surface area contributed by atoms with E-state index < -0.39 is 0 Å². The highest BCUT2D eigenvalue weighted by molar-refractivity contribution is 5.84. The van der Waals surface area contributed by atoms with Crippen LogP contribution < -0.4 is 0 Å². The van der Waals surface area contributed by atoms with Gasteiger partial charge in [0.25, 0.3) is 0 Å². The van der Waals surface area contributed by atoms with E-state index in [1.165, 1.54) is 18.4 Å². The van der Waals surface area contributed by atoms with Crippen molar-refractivity contribution in [1.82, 2.24) is 0 Å². The van der Waals surface area contributed by atoms with Crippen LogP contribution in [0.2, 0.25) is 0 Å². The first kappa shape index (κ1) is 17.2. The third-order valence-electron chi connectivity index (χ3n) is 4.38. The van der Waals surface area contributed by atoms with Crippen LogP contribution in [-0.2, 0) is 9.53 Å². The molecule has 0 aromatic carbocycles. The number of ketones is 1. The van der Waals surface area contributed by atoms with Crippen molar-refractivity contribution in [3.63, 3.8) is 0 Å². The first-order valence-corrected chi connectivity index (χ1v) is 8.02. The Morgan fingerprint density at radius 1 is 1.45 bits per heavy atom. The van der Waals surface area contributed by atoms with Crippen molar-refractivity contribution in [2.75, 3.05) is 7.11 Å². The third kappa shape index (κ3) is 4.90. The fraction of sp³-hybridized carbons (Fsp3) is 0.722. The molecule has 1 rings (SSSR count). The highest BCUT2D eigenvalue weighted by atomic mass is 16.5. The Balaban J connectivity index is 2.64. The van der Waals surface area contributed by atoms with Crippen molar-refractivity contribution in [3.8, 4) is 0 Å². The van der Waals surface area contributed by atoms with Crippen molar-refractivity contribution in [2.24, 2.45) is 11.8 Å². The molecule has 0 aliphatic heterocycles. The van der Waals surface area contributed by atoms with Crippen LogP contribution in [0.25, 0.3) is 0 Å². The first-order chi connectivity index (χ1) is 9.63. The second-order valence-electron chi connectivity index (χ2n) is 5.88. The molecule has 0 heterocycles. The van der Waals surface area contributed by atoms with E-state index in [0.29, 0.717) is 12.3 Å². The zero-order valence-corrected chi connectivity index (χ0v) is 13.5. The smallest absolute Gasteiger partial charge is 0.162 e. The Hall–Kier alpha value is -0.890. The van der Waals surface area contributed by atoms with Gasteiger partial charge in [0.05, 0.1) is 0 Å². The molecule has 114 valence electrons. The van der Waals surface area contributed by atoms with Gasteiger partial charge in [-0.1, -0.05) is 63.3 Å². The summed E-state index contributed by atoms with van der Waals surface area (Å²) in [4.78, 5) is 12.6. The molecule has 0 spiro atoms. The van der Waals surface area contributed by atoms with Crippen LogP contribution in [0.3, 0.4) is 0 Å². The number of unbranched alkanes of at least 4 members (excludes halogenated alkanes) is 1. The number of rotatable bonds is 9. The van der Waals surface area contributed by atoms with Crippen molar-refractivity contribution < 1.29 is 9.53 Å². The summed E-state index contributed by atoms with van der Waals surface area (Å²) < 4.78 is 5.53. The molecule has 0 N–H and O–H groups in total. The molecule has 2 heteroatoms. The number of Topliss-reactive ketones (excluding diaryl/α,β-unsaturated/α-hetero) is 1. The third-order valence-corrected chi connectivity index (χ3v) is 4.38. The average molecular weight is 278 g/mol. The maximum atomic E-state index is 12.6. The van der Waals surface area contributed by atoms with E-state index in [9.17, 15) is 4.79 Å². The molecule has 0 amide bonds. The van der Waals surface area contributed by atoms with Gasteiger partial charge in [0.15, 0.2) is 5.78 Å². The summed E-state index contributed by atoms with van der Waals surface area (Å²) in [7, 11) is 1.66. The van der Waals surface area contributed by atoms with Crippen LogP contribution in [0, 0.1) is 11.8 Å². The maximum absolute atomic E-state index is 12.6. The molecule has 0 saturated heterocycles. The van der Waals surface area contributed by atoms with E-state index in [4.69, 9.17) is 4.74 Å². The van der Waals surface area contributed by atoms with E-state index in [2.05, 4.69) is 39.0 Å². The molecule has 0 fully saturated rings. The fourth-order valence-corrected chi connectivity index (χ4v) is 2.93. The minimum atomic E-state index is -0.307. The Morgan fingerprint density at radius 2 is 2.20 bits per heavy atom. The van der Waals surface area contributed by atoms with E-state index in [1.807, 2.05) is 0 Å². The molecular formula is C18H30O2. The predicted molar refractivity (Wildman–Crippen MR) is 84.7 cm³/mol. The number of hydrogen-bond donors (Lipinski definition) is 0. The number of allylic oxidation sites excluding steroid dienone is 2. The number of carbonyl (C=O) groups is 1. The Labute approximate surface area is 124 Å². The number of hydrogen-bond acceptors (Lipinski definition) is 2. The summed E-state index contributed by atoms with van der Waals surface area (Å²) in [5, 5.41) is 0. The topological polar surface area (TPSA) is 26.3 Å². The van der Waals surface area contributed by atoms with E-state index in [-0.39, 0.29) is 17.8 Å². The lowest BCUT2D eigenvalue weighted by Gasteiger charge is -2.26. The molecule has 1 aliphatic rings. The van der Waals surface area contributed by atoms with Gasteiger partial charge in [0.2, 0.25) is 0 Å². The van der Waals surface area contributed by atoms with Gasteiger partial charge in [-0.3, -0.25) is 4.79 Å². The van der Waals surface area contributed by atoms with Gasteiger partial charge in [-0.05, 0) is 19.3 Å². The molecule has 0 radical (unpaired) electrons. The molecular weight excluding hydrogens is 248 g/mol. The standard InChI is InChI=1S/C18H30O2/c1-5-7-11-15(6-2)13-17(19)18(20-4)16-12-9-8-10-14(16)3/h9-10,12,15-16,18H,5-8,11,13H2,1-4H3. The lowest BCUT2D eigenvalue weighted by molar-refractivity contribution is -0.131. The summed E-state index contributed by atoms with van der Waals surface area (Å²) >= 11 is 0. The molecule has 1 aliphatic carbocycles. The lowest BCUT2D eigenvalue weighted by atomic mass is 9.84. The molecule has 0 aromatic heterocycles. The Morgan fingerprint density at radius 3 is 2.75 bits per heavy atom. The van der Waals surface area contributed by atoms with Crippen LogP contribution in [-0.4, -0.2) is 19.0 Å². The normalized spacial score (nSPS) is 21.4. The summed E-state index contributed by atoms with van der Waals surface area (Å²) in [6.45, 7) is 6.48. The number of carbonyl (C=O) groups excluding carboxylic acids is 1. The first-order valence-electron chi connectivity index (χ1n) is 8.02. The van der Waals surface area contributed by atoms with E-state index >= 15 is 0 Å². The molecule has 2 nitrogen and oxygen atoms in total.